The zero-order valence-corrected chi connectivity index (χ0v) is 23.5. The fourth-order valence-corrected chi connectivity index (χ4v) is 4.48. The molecule has 0 aliphatic heterocycles. The average Bonchev–Trinajstić information content (AvgIpc) is 2.80. The van der Waals surface area contributed by atoms with Crippen LogP contribution in [0.3, 0.4) is 0 Å². The number of halogens is 1. The van der Waals surface area contributed by atoms with Gasteiger partial charge in [0, 0.05) is 5.56 Å². The Morgan fingerprint density at radius 2 is 1.12 bits per heavy atom. The standard InChI is InChI=1S/C31H54NO.ClH/c1-4-5-6-7-8-9-10-11-12-13-14-15-16-17-18-19-20-21-25-28-31(33)32(2,3)29-30-26-23-22-24-27-30;/h11-12,22-24,26-27H,4-10,13-21,25,28-29H2,1-3H3;1H/q+1;/p-1. The van der Waals surface area contributed by atoms with E-state index in [9.17, 15) is 4.79 Å². The van der Waals surface area contributed by atoms with Gasteiger partial charge in [0.2, 0.25) is 0 Å². The van der Waals surface area contributed by atoms with Crippen LogP contribution in [-0.2, 0) is 11.3 Å². The highest BCUT2D eigenvalue weighted by atomic mass is 35.5. The number of nitrogens with zero attached hydrogens (tertiary/aromatic N) is 1. The lowest BCUT2D eigenvalue weighted by molar-refractivity contribution is -0.828. The van der Waals surface area contributed by atoms with E-state index in [1.165, 1.54) is 108 Å². The van der Waals surface area contributed by atoms with E-state index in [0.717, 1.165) is 13.0 Å². The summed E-state index contributed by atoms with van der Waals surface area (Å²) in [5.74, 6) is 0.361. The van der Waals surface area contributed by atoms with Crippen molar-refractivity contribution in [2.75, 3.05) is 14.1 Å². The number of amides is 1. The molecule has 1 aromatic rings. The van der Waals surface area contributed by atoms with Crippen molar-refractivity contribution in [1.29, 1.82) is 0 Å². The fourth-order valence-electron chi connectivity index (χ4n) is 4.48. The summed E-state index contributed by atoms with van der Waals surface area (Å²) in [6.07, 6.45) is 28.2. The Labute approximate surface area is 218 Å². The third kappa shape index (κ3) is 18.2. The van der Waals surface area contributed by atoms with Crippen LogP contribution in [0, 0.1) is 0 Å². The predicted octanol–water partition coefficient (Wildman–Crippen LogP) is 6.39. The van der Waals surface area contributed by atoms with Gasteiger partial charge in [-0.05, 0) is 32.1 Å². The molecule has 0 bridgehead atoms. The molecule has 0 N–H and O–H groups in total. The van der Waals surface area contributed by atoms with Gasteiger partial charge in [-0.25, -0.2) is 4.79 Å². The van der Waals surface area contributed by atoms with Crippen molar-refractivity contribution in [3.05, 3.63) is 48.0 Å². The summed E-state index contributed by atoms with van der Waals surface area (Å²) in [6.45, 7) is 3.07. The molecule has 34 heavy (non-hydrogen) atoms. The zero-order chi connectivity index (χ0) is 24.0. The third-order valence-corrected chi connectivity index (χ3v) is 6.75. The molecule has 0 radical (unpaired) electrons. The molecule has 0 saturated heterocycles. The van der Waals surface area contributed by atoms with Crippen molar-refractivity contribution in [2.24, 2.45) is 0 Å². The van der Waals surface area contributed by atoms with Crippen molar-refractivity contribution in [1.82, 2.24) is 0 Å². The van der Waals surface area contributed by atoms with Crippen molar-refractivity contribution < 1.29 is 21.7 Å². The predicted molar refractivity (Wildman–Crippen MR) is 145 cm³/mol. The van der Waals surface area contributed by atoms with Gasteiger partial charge in [-0.2, -0.15) is 0 Å². The summed E-state index contributed by atoms with van der Waals surface area (Å²) in [5.41, 5.74) is 1.24. The molecule has 0 aliphatic rings. The number of hydrogen-bond donors (Lipinski definition) is 0. The highest BCUT2D eigenvalue weighted by molar-refractivity contribution is 5.68. The molecule has 1 amide bonds. The van der Waals surface area contributed by atoms with E-state index in [0.29, 0.717) is 16.8 Å². The maximum absolute atomic E-state index is 12.6. The monoisotopic (exact) mass is 491 g/mol. The van der Waals surface area contributed by atoms with Gasteiger partial charge in [0.25, 0.3) is 0 Å². The van der Waals surface area contributed by atoms with Gasteiger partial charge in [0.05, 0.1) is 20.5 Å². The van der Waals surface area contributed by atoms with Crippen LogP contribution in [0.4, 0.5) is 0 Å². The molecule has 0 saturated carbocycles. The van der Waals surface area contributed by atoms with Crippen molar-refractivity contribution in [2.45, 2.75) is 129 Å². The van der Waals surface area contributed by atoms with Crippen LogP contribution < -0.4 is 12.4 Å². The minimum atomic E-state index is 0. The van der Waals surface area contributed by atoms with Gasteiger partial charge in [-0.3, -0.25) is 4.48 Å². The van der Waals surface area contributed by atoms with E-state index in [1.54, 1.807) is 0 Å². The topological polar surface area (TPSA) is 17.1 Å². The molecule has 0 aliphatic carbocycles. The van der Waals surface area contributed by atoms with Gasteiger partial charge in [-0.1, -0.05) is 126 Å². The summed E-state index contributed by atoms with van der Waals surface area (Å²) < 4.78 is 0.457. The molecular weight excluding hydrogens is 438 g/mol. The number of benzene rings is 1. The van der Waals surface area contributed by atoms with Crippen LogP contribution >= 0.6 is 0 Å². The fraction of sp³-hybridized carbons (Fsp3) is 0.710. The van der Waals surface area contributed by atoms with Crippen LogP contribution in [0.15, 0.2) is 42.5 Å². The molecule has 0 heterocycles. The number of quaternary nitrogens is 1. The van der Waals surface area contributed by atoms with E-state index in [-0.39, 0.29) is 12.4 Å². The number of carbonyl (C=O) groups is 1. The molecule has 3 heteroatoms. The van der Waals surface area contributed by atoms with Crippen molar-refractivity contribution >= 4 is 5.91 Å². The molecular formula is C31H54ClNO. The molecule has 196 valence electrons. The van der Waals surface area contributed by atoms with Crippen LogP contribution in [0.1, 0.15) is 128 Å². The smallest absolute Gasteiger partial charge is 0.313 e. The van der Waals surface area contributed by atoms with E-state index in [1.807, 2.05) is 20.2 Å². The summed E-state index contributed by atoms with van der Waals surface area (Å²) in [5, 5.41) is 0. The first kappa shape index (κ1) is 32.9. The summed E-state index contributed by atoms with van der Waals surface area (Å²) in [6, 6.07) is 10.4. The molecule has 0 spiro atoms. The number of carbonyl (C=O) groups excluding carboxylic acids is 1. The number of hydrogen-bond acceptors (Lipinski definition) is 1. The highest BCUT2D eigenvalue weighted by Gasteiger charge is 2.25. The normalized spacial score (nSPS) is 11.6. The Morgan fingerprint density at radius 1 is 0.676 bits per heavy atom. The minimum Gasteiger partial charge on any atom is -1.00 e. The second-order valence-corrected chi connectivity index (χ2v) is 10.5. The Kier molecular flexibility index (Phi) is 21.6. The van der Waals surface area contributed by atoms with Crippen LogP contribution in [0.2, 0.25) is 0 Å². The van der Waals surface area contributed by atoms with Crippen LogP contribution in [0.5, 0.6) is 0 Å². The third-order valence-electron chi connectivity index (χ3n) is 6.75. The Balaban J connectivity index is 0.0000109. The van der Waals surface area contributed by atoms with Crippen LogP contribution in [0.25, 0.3) is 0 Å². The van der Waals surface area contributed by atoms with E-state index < -0.39 is 0 Å². The van der Waals surface area contributed by atoms with Crippen molar-refractivity contribution in [3.63, 3.8) is 0 Å². The number of allylic oxidation sites excluding steroid dienone is 2. The Morgan fingerprint density at radius 3 is 1.62 bits per heavy atom. The molecule has 1 rings (SSSR count). The molecule has 0 fully saturated rings. The van der Waals surface area contributed by atoms with E-state index in [2.05, 4.69) is 43.3 Å². The first-order valence-electron chi connectivity index (χ1n) is 14.1. The zero-order valence-electron chi connectivity index (χ0n) is 22.7. The Bertz CT molecular complexity index is 611. The quantitative estimate of drug-likeness (QED) is 0.110. The largest absolute Gasteiger partial charge is 1.00 e. The molecule has 0 unspecified atom stereocenters. The molecule has 1 aromatic carbocycles. The maximum Gasteiger partial charge on any atom is 0.313 e. The first-order chi connectivity index (χ1) is 16.1. The first-order valence-corrected chi connectivity index (χ1v) is 14.1. The highest BCUT2D eigenvalue weighted by Crippen LogP contribution is 2.15. The summed E-state index contributed by atoms with van der Waals surface area (Å²) in [4.78, 5) is 12.6. The summed E-state index contributed by atoms with van der Waals surface area (Å²) in [7, 11) is 4.08. The van der Waals surface area contributed by atoms with Gasteiger partial charge < -0.3 is 12.4 Å². The SMILES string of the molecule is CCCCCCCCC=CCCCCCCCCCCCC(=O)[N+](C)(C)Cc1ccccc1.[Cl-]. The van der Waals surface area contributed by atoms with Gasteiger partial charge in [0.1, 0.15) is 6.54 Å². The summed E-state index contributed by atoms with van der Waals surface area (Å²) >= 11 is 0. The van der Waals surface area contributed by atoms with Gasteiger partial charge >= 0.3 is 5.91 Å². The minimum absolute atomic E-state index is 0. The molecule has 0 aromatic heterocycles. The van der Waals surface area contributed by atoms with Crippen molar-refractivity contribution in [3.8, 4) is 0 Å². The van der Waals surface area contributed by atoms with E-state index >= 15 is 0 Å². The van der Waals surface area contributed by atoms with Crippen LogP contribution in [-0.4, -0.2) is 24.5 Å². The lowest BCUT2D eigenvalue weighted by Crippen LogP contribution is -3.00. The molecule has 2 nitrogen and oxygen atoms in total. The average molecular weight is 492 g/mol. The molecule has 0 atom stereocenters. The number of rotatable bonds is 21. The number of unbranched alkanes of at least 4 members (excludes halogenated alkanes) is 15. The second-order valence-electron chi connectivity index (χ2n) is 10.5. The van der Waals surface area contributed by atoms with Gasteiger partial charge in [-0.15, -0.1) is 0 Å². The van der Waals surface area contributed by atoms with Gasteiger partial charge in [0.15, 0.2) is 0 Å². The Hall–Kier alpha value is -1.12. The maximum atomic E-state index is 12.6. The second kappa shape index (κ2) is 22.4. The lowest BCUT2D eigenvalue weighted by atomic mass is 10.0. The van der Waals surface area contributed by atoms with E-state index in [4.69, 9.17) is 0 Å². The lowest BCUT2D eigenvalue weighted by Gasteiger charge is -2.27.